The van der Waals surface area contributed by atoms with Gasteiger partial charge in [-0.3, -0.25) is 4.98 Å². The van der Waals surface area contributed by atoms with Crippen molar-refractivity contribution in [2.45, 2.75) is 0 Å². The Morgan fingerprint density at radius 2 is 1.43 bits per heavy atom. The summed E-state index contributed by atoms with van der Waals surface area (Å²) in [5.41, 5.74) is 9.87. The van der Waals surface area contributed by atoms with Crippen LogP contribution in [0.4, 0.5) is 0 Å². The van der Waals surface area contributed by atoms with Gasteiger partial charge in [-0.15, -0.1) is 0 Å². The Bertz CT molecular complexity index is 2260. The summed E-state index contributed by atoms with van der Waals surface area (Å²) in [4.78, 5) is 4.43. The van der Waals surface area contributed by atoms with Crippen LogP contribution >= 0.6 is 0 Å². The average molecular weight is 512 g/mol. The highest BCUT2D eigenvalue weighted by Gasteiger charge is 2.18. The van der Waals surface area contributed by atoms with Gasteiger partial charge in [0.1, 0.15) is 17.2 Å². The third kappa shape index (κ3) is 3.35. The normalized spacial score (nSPS) is 11.5. The van der Waals surface area contributed by atoms with E-state index in [1.807, 2.05) is 18.2 Å². The van der Waals surface area contributed by atoms with E-state index in [0.29, 0.717) is 5.56 Å². The van der Waals surface area contributed by atoms with Gasteiger partial charge in [0.25, 0.3) is 0 Å². The monoisotopic (exact) mass is 511 g/mol. The molecule has 0 aliphatic heterocycles. The lowest BCUT2D eigenvalue weighted by Gasteiger charge is -2.11. The van der Waals surface area contributed by atoms with Crippen LogP contribution in [0.3, 0.4) is 0 Å². The third-order valence-electron chi connectivity index (χ3n) is 7.69. The van der Waals surface area contributed by atoms with Gasteiger partial charge in [-0.05, 0) is 59.7 Å². The van der Waals surface area contributed by atoms with Gasteiger partial charge in [0.2, 0.25) is 0 Å². The van der Waals surface area contributed by atoms with Crippen LogP contribution < -0.4 is 0 Å². The first-order valence-corrected chi connectivity index (χ1v) is 13.2. The first-order chi connectivity index (χ1) is 19.8. The number of nitrogens with zero attached hydrogens (tertiary/aromatic N) is 3. The van der Waals surface area contributed by atoms with Gasteiger partial charge in [0, 0.05) is 33.6 Å². The van der Waals surface area contributed by atoms with E-state index in [1.165, 1.54) is 5.39 Å². The first kappa shape index (κ1) is 22.3. The molecule has 0 aliphatic carbocycles. The lowest BCUT2D eigenvalue weighted by Crippen LogP contribution is -1.94. The molecule has 0 spiro atoms. The molecule has 0 saturated carbocycles. The Morgan fingerprint density at radius 1 is 0.625 bits per heavy atom. The number of aromatic nitrogens is 2. The van der Waals surface area contributed by atoms with Gasteiger partial charge in [0.15, 0.2) is 0 Å². The summed E-state index contributed by atoms with van der Waals surface area (Å²) in [5.74, 6) is 0. The Balaban J connectivity index is 1.28. The number of hydrogen-bond donors (Lipinski definition) is 0. The van der Waals surface area contributed by atoms with Crippen LogP contribution in [0.2, 0.25) is 0 Å². The van der Waals surface area contributed by atoms with E-state index in [1.54, 1.807) is 12.3 Å². The quantitative estimate of drug-likeness (QED) is 0.237. The molecule has 0 radical (unpaired) electrons. The molecule has 0 aliphatic rings. The predicted molar refractivity (Wildman–Crippen MR) is 161 cm³/mol. The van der Waals surface area contributed by atoms with Crippen molar-refractivity contribution in [2.75, 3.05) is 0 Å². The van der Waals surface area contributed by atoms with Gasteiger partial charge >= 0.3 is 0 Å². The van der Waals surface area contributed by atoms with Gasteiger partial charge in [-0.2, -0.15) is 5.26 Å². The molecule has 40 heavy (non-hydrogen) atoms. The number of rotatable bonds is 3. The molecule has 0 atom stereocenters. The molecule has 4 heteroatoms. The highest BCUT2D eigenvalue weighted by molar-refractivity contribution is 6.23. The standard InChI is InChI=1S/C36H21N3O/c37-21-23-12-18-31(38-22-23)25-15-13-24(14-16-25)26-6-5-7-27(20-26)39-32-10-3-1-9-30(32)35-33(39)19-17-29-28-8-2-4-11-34(28)40-36(29)35/h1-20,22H. The number of pyridine rings is 1. The zero-order valence-corrected chi connectivity index (χ0v) is 21.4. The minimum Gasteiger partial charge on any atom is -0.455 e. The topological polar surface area (TPSA) is 54.8 Å². The third-order valence-corrected chi connectivity index (χ3v) is 7.69. The minimum absolute atomic E-state index is 0.559. The van der Waals surface area contributed by atoms with Crippen LogP contribution in [-0.4, -0.2) is 9.55 Å². The lowest BCUT2D eigenvalue weighted by molar-refractivity contribution is 0.673. The highest BCUT2D eigenvalue weighted by Crippen LogP contribution is 2.40. The second-order valence-electron chi connectivity index (χ2n) is 9.96. The number of hydrogen-bond acceptors (Lipinski definition) is 3. The van der Waals surface area contributed by atoms with E-state index in [2.05, 4.69) is 113 Å². The maximum atomic E-state index is 9.05. The van der Waals surface area contributed by atoms with E-state index in [4.69, 9.17) is 9.68 Å². The van der Waals surface area contributed by atoms with E-state index >= 15 is 0 Å². The van der Waals surface area contributed by atoms with Crippen molar-refractivity contribution in [3.8, 4) is 34.1 Å². The second kappa shape index (κ2) is 8.69. The molecule has 0 saturated heterocycles. The van der Waals surface area contributed by atoms with Crippen LogP contribution in [0.25, 0.3) is 71.8 Å². The maximum absolute atomic E-state index is 9.05. The number of fused-ring (bicyclic) bond motifs is 7. The maximum Gasteiger partial charge on any atom is 0.145 e. The zero-order valence-electron chi connectivity index (χ0n) is 21.4. The number of nitriles is 1. The fourth-order valence-electron chi connectivity index (χ4n) is 5.80. The van der Waals surface area contributed by atoms with E-state index in [0.717, 1.165) is 66.4 Å². The molecule has 5 aromatic carbocycles. The Hall–Kier alpha value is -5.66. The van der Waals surface area contributed by atoms with Crippen molar-refractivity contribution in [1.29, 1.82) is 5.26 Å². The van der Waals surface area contributed by atoms with E-state index in [9.17, 15) is 0 Å². The van der Waals surface area contributed by atoms with Crippen molar-refractivity contribution in [3.63, 3.8) is 0 Å². The molecule has 3 aromatic heterocycles. The molecule has 8 rings (SSSR count). The van der Waals surface area contributed by atoms with Crippen LogP contribution in [0.5, 0.6) is 0 Å². The molecular formula is C36H21N3O. The fraction of sp³-hybridized carbons (Fsp3) is 0. The van der Waals surface area contributed by atoms with E-state index in [-0.39, 0.29) is 0 Å². The predicted octanol–water partition coefficient (Wildman–Crippen LogP) is 9.28. The molecule has 0 unspecified atom stereocenters. The summed E-state index contributed by atoms with van der Waals surface area (Å²) in [6, 6.07) is 44.0. The van der Waals surface area contributed by atoms with Crippen molar-refractivity contribution < 1.29 is 4.42 Å². The molecule has 0 fully saturated rings. The fourth-order valence-corrected chi connectivity index (χ4v) is 5.80. The zero-order chi connectivity index (χ0) is 26.6. The molecule has 4 nitrogen and oxygen atoms in total. The summed E-state index contributed by atoms with van der Waals surface area (Å²) in [6.07, 6.45) is 1.61. The molecule has 0 bridgehead atoms. The summed E-state index contributed by atoms with van der Waals surface area (Å²) < 4.78 is 8.77. The van der Waals surface area contributed by atoms with Gasteiger partial charge < -0.3 is 8.98 Å². The number of furan rings is 1. The van der Waals surface area contributed by atoms with Gasteiger partial charge in [-0.1, -0.05) is 72.8 Å². The minimum atomic E-state index is 0.559. The summed E-state index contributed by atoms with van der Waals surface area (Å²) in [5, 5.41) is 13.6. The smallest absolute Gasteiger partial charge is 0.145 e. The van der Waals surface area contributed by atoms with Crippen molar-refractivity contribution in [2.24, 2.45) is 0 Å². The first-order valence-electron chi connectivity index (χ1n) is 13.2. The summed E-state index contributed by atoms with van der Waals surface area (Å²) >= 11 is 0. The Morgan fingerprint density at radius 3 is 2.25 bits per heavy atom. The molecule has 3 heterocycles. The average Bonchev–Trinajstić information content (AvgIpc) is 3.57. The number of benzene rings is 5. The molecule has 0 N–H and O–H groups in total. The lowest BCUT2D eigenvalue weighted by atomic mass is 10.0. The Kier molecular flexibility index (Phi) is 4.85. The Labute approximate surface area is 230 Å². The van der Waals surface area contributed by atoms with Crippen LogP contribution in [-0.2, 0) is 0 Å². The largest absolute Gasteiger partial charge is 0.455 e. The molecule has 186 valence electrons. The van der Waals surface area contributed by atoms with Crippen LogP contribution in [0.15, 0.2) is 132 Å². The second-order valence-corrected chi connectivity index (χ2v) is 9.96. The number of para-hydroxylation sites is 2. The van der Waals surface area contributed by atoms with Crippen LogP contribution in [0.1, 0.15) is 5.56 Å². The van der Waals surface area contributed by atoms with Crippen molar-refractivity contribution in [1.82, 2.24) is 9.55 Å². The SMILES string of the molecule is N#Cc1ccc(-c2ccc(-c3cccc(-n4c5ccccc5c5c6oc7ccccc7c6ccc54)c3)cc2)nc1. The molecule has 0 amide bonds. The van der Waals surface area contributed by atoms with Crippen LogP contribution in [0, 0.1) is 11.3 Å². The van der Waals surface area contributed by atoms with Gasteiger partial charge in [0.05, 0.1) is 27.7 Å². The highest BCUT2D eigenvalue weighted by atomic mass is 16.3. The van der Waals surface area contributed by atoms with Gasteiger partial charge in [-0.25, -0.2) is 0 Å². The van der Waals surface area contributed by atoms with Crippen molar-refractivity contribution >= 4 is 43.7 Å². The summed E-state index contributed by atoms with van der Waals surface area (Å²) in [6.45, 7) is 0. The van der Waals surface area contributed by atoms with Crippen molar-refractivity contribution in [3.05, 3.63) is 133 Å². The summed E-state index contributed by atoms with van der Waals surface area (Å²) in [7, 11) is 0. The molecule has 8 aromatic rings. The molecular weight excluding hydrogens is 490 g/mol. The van der Waals surface area contributed by atoms with E-state index < -0.39 is 0 Å².